The van der Waals surface area contributed by atoms with Crippen LogP contribution in [0, 0.1) is 0 Å². The number of amides is 3. The number of urea groups is 1. The minimum Gasteiger partial charge on any atom is -0.493 e. The molecule has 9 nitrogen and oxygen atoms in total. The van der Waals surface area contributed by atoms with Crippen molar-refractivity contribution in [2.75, 3.05) is 37.9 Å². The maximum atomic E-state index is 13.1. The second kappa shape index (κ2) is 13.6. The van der Waals surface area contributed by atoms with Crippen LogP contribution >= 0.6 is 0 Å². The molecular weight excluding hydrogens is 542 g/mol. The molecule has 1 aliphatic rings. The number of nitrogens with one attached hydrogen (secondary N) is 3. The Morgan fingerprint density at radius 2 is 1.60 bits per heavy atom. The number of ether oxygens (including phenoxy) is 2. The number of anilines is 2. The number of carbonyl (C=O) groups is 2. The van der Waals surface area contributed by atoms with Gasteiger partial charge in [0, 0.05) is 52.2 Å². The van der Waals surface area contributed by atoms with Gasteiger partial charge in [-0.15, -0.1) is 0 Å². The van der Waals surface area contributed by atoms with Crippen LogP contribution in [0.1, 0.15) is 55.9 Å². The molecule has 1 fully saturated rings. The maximum absolute atomic E-state index is 13.1. The summed E-state index contributed by atoms with van der Waals surface area (Å²) in [7, 11) is 3.72. The monoisotopic (exact) mass is 583 g/mol. The molecule has 0 atom stereocenters. The second-order valence-corrected chi connectivity index (χ2v) is 11.1. The number of rotatable bonds is 10. The van der Waals surface area contributed by atoms with Crippen molar-refractivity contribution in [2.24, 2.45) is 0 Å². The fourth-order valence-electron chi connectivity index (χ4n) is 5.51. The molecule has 0 unspecified atom stereocenters. The van der Waals surface area contributed by atoms with Gasteiger partial charge in [-0.25, -0.2) is 4.79 Å². The van der Waals surface area contributed by atoms with Crippen molar-refractivity contribution in [1.82, 2.24) is 14.8 Å². The fourth-order valence-corrected chi connectivity index (χ4v) is 5.51. The Morgan fingerprint density at radius 1 is 0.884 bits per heavy atom. The van der Waals surface area contributed by atoms with Crippen LogP contribution in [0.2, 0.25) is 0 Å². The van der Waals surface area contributed by atoms with Crippen LogP contribution in [0.25, 0.3) is 10.9 Å². The van der Waals surface area contributed by atoms with Crippen molar-refractivity contribution in [3.63, 3.8) is 0 Å². The number of likely N-dealkylation sites (tertiary alicyclic amines) is 1. The van der Waals surface area contributed by atoms with E-state index in [9.17, 15) is 9.59 Å². The number of fused-ring (bicyclic) bond motifs is 1. The first kappa shape index (κ1) is 30.0. The molecule has 0 aliphatic carbocycles. The number of benzene rings is 3. The van der Waals surface area contributed by atoms with Gasteiger partial charge in [0.05, 0.1) is 7.11 Å². The Bertz CT molecular complexity index is 1550. The van der Waals surface area contributed by atoms with Gasteiger partial charge in [0.15, 0.2) is 11.5 Å². The molecule has 1 saturated heterocycles. The molecule has 0 bridgehead atoms. The molecule has 9 heteroatoms. The lowest BCUT2D eigenvalue weighted by Crippen LogP contribution is -2.37. The smallest absolute Gasteiger partial charge is 0.319 e. The molecular formula is C34H41N5O4. The summed E-state index contributed by atoms with van der Waals surface area (Å²) in [6.07, 6.45) is 6.15. The van der Waals surface area contributed by atoms with Crippen LogP contribution in [-0.4, -0.2) is 54.7 Å². The molecule has 1 aromatic heterocycles. The maximum Gasteiger partial charge on any atom is 0.319 e. The Kier molecular flexibility index (Phi) is 9.51. The predicted molar refractivity (Wildman–Crippen MR) is 172 cm³/mol. The van der Waals surface area contributed by atoms with E-state index in [1.807, 2.05) is 32.0 Å². The number of hydrogen-bond acceptors (Lipinski definition) is 5. The lowest BCUT2D eigenvalue weighted by molar-refractivity contribution is 0.102. The summed E-state index contributed by atoms with van der Waals surface area (Å²) in [6.45, 7) is 6.29. The first-order chi connectivity index (χ1) is 20.9. The molecule has 2 heterocycles. The Balaban J connectivity index is 1.19. The molecule has 4 aromatic rings. The molecule has 5 rings (SSSR count). The summed E-state index contributed by atoms with van der Waals surface area (Å²) in [5.41, 5.74) is 3.04. The number of nitrogens with zero attached hydrogens (tertiary/aromatic N) is 2. The van der Waals surface area contributed by atoms with Gasteiger partial charge < -0.3 is 34.9 Å². The zero-order valence-corrected chi connectivity index (χ0v) is 25.4. The third-order valence-electron chi connectivity index (χ3n) is 8.15. The van der Waals surface area contributed by atoms with Crippen LogP contribution in [-0.2, 0) is 0 Å². The Morgan fingerprint density at radius 3 is 2.30 bits per heavy atom. The minimum absolute atomic E-state index is 0.127. The van der Waals surface area contributed by atoms with Gasteiger partial charge in [-0.3, -0.25) is 4.79 Å². The highest BCUT2D eigenvalue weighted by atomic mass is 16.5. The number of carbonyl (C=O) groups excluding carboxylic acids is 2. The van der Waals surface area contributed by atoms with E-state index < -0.39 is 0 Å². The van der Waals surface area contributed by atoms with Crippen molar-refractivity contribution in [3.05, 3.63) is 78.5 Å². The standard InChI is InChI=1S/C34H41N5O4/c1-5-25(6-2)36-34(41)37-27-10-14-31(32(22-27)42-4)43-29-11-8-26(9-12-29)35-33(40)24-7-13-30-23(21-24)15-20-39(30)28-16-18-38(3)19-17-28/h7-15,20-22,25,28H,5-6,16-19H2,1-4H3,(H,35,40)(H2,36,37,41). The van der Waals surface area contributed by atoms with Gasteiger partial charge in [-0.2, -0.15) is 0 Å². The third kappa shape index (κ3) is 7.29. The molecule has 43 heavy (non-hydrogen) atoms. The predicted octanol–water partition coefficient (Wildman–Crippen LogP) is 7.27. The first-order valence-electron chi connectivity index (χ1n) is 15.0. The molecule has 1 aliphatic heterocycles. The van der Waals surface area contributed by atoms with Crippen LogP contribution in [0.15, 0.2) is 72.9 Å². The van der Waals surface area contributed by atoms with Crippen LogP contribution in [0.4, 0.5) is 16.2 Å². The van der Waals surface area contributed by atoms with E-state index >= 15 is 0 Å². The summed E-state index contributed by atoms with van der Waals surface area (Å²) < 4.78 is 13.9. The van der Waals surface area contributed by atoms with E-state index in [0.717, 1.165) is 49.7 Å². The molecule has 0 radical (unpaired) electrons. The van der Waals surface area contributed by atoms with Gasteiger partial charge in [0.25, 0.3) is 5.91 Å². The summed E-state index contributed by atoms with van der Waals surface area (Å²) >= 11 is 0. The average Bonchev–Trinajstić information content (AvgIpc) is 3.45. The van der Waals surface area contributed by atoms with Crippen LogP contribution < -0.4 is 25.4 Å². The van der Waals surface area contributed by atoms with Crippen molar-refractivity contribution >= 4 is 34.2 Å². The van der Waals surface area contributed by atoms with E-state index in [0.29, 0.717) is 40.2 Å². The van der Waals surface area contributed by atoms with E-state index in [4.69, 9.17) is 9.47 Å². The summed E-state index contributed by atoms with van der Waals surface area (Å²) in [5.74, 6) is 1.41. The van der Waals surface area contributed by atoms with Crippen molar-refractivity contribution in [3.8, 4) is 17.2 Å². The molecule has 0 saturated carbocycles. The SMILES string of the molecule is CCC(CC)NC(=O)Nc1ccc(Oc2ccc(NC(=O)c3ccc4c(ccn4C4CCN(C)CC4)c3)cc2)c(OC)c1. The average molecular weight is 584 g/mol. The Labute approximate surface area is 253 Å². The highest BCUT2D eigenvalue weighted by molar-refractivity contribution is 6.06. The van der Waals surface area contributed by atoms with Gasteiger partial charge in [0.2, 0.25) is 0 Å². The molecule has 3 amide bonds. The lowest BCUT2D eigenvalue weighted by Gasteiger charge is -2.30. The molecule has 0 spiro atoms. The molecule has 226 valence electrons. The molecule has 3 N–H and O–H groups in total. The molecule has 3 aromatic carbocycles. The minimum atomic E-state index is -0.256. The van der Waals surface area contributed by atoms with Gasteiger partial charge in [-0.05, 0) is 106 Å². The van der Waals surface area contributed by atoms with Crippen molar-refractivity contribution < 1.29 is 19.1 Å². The lowest BCUT2D eigenvalue weighted by atomic mass is 10.0. The highest BCUT2D eigenvalue weighted by Gasteiger charge is 2.20. The van der Waals surface area contributed by atoms with Crippen molar-refractivity contribution in [1.29, 1.82) is 0 Å². The quantitative estimate of drug-likeness (QED) is 0.182. The van der Waals surface area contributed by atoms with Gasteiger partial charge >= 0.3 is 6.03 Å². The summed E-state index contributed by atoms with van der Waals surface area (Å²) in [4.78, 5) is 27.7. The number of methoxy groups -OCH3 is 1. The van der Waals surface area contributed by atoms with E-state index in [1.54, 1.807) is 49.6 Å². The number of piperidine rings is 1. The zero-order valence-electron chi connectivity index (χ0n) is 25.4. The number of aromatic nitrogens is 1. The van der Waals surface area contributed by atoms with Crippen LogP contribution in [0.5, 0.6) is 17.2 Å². The second-order valence-electron chi connectivity index (χ2n) is 11.1. The largest absolute Gasteiger partial charge is 0.493 e. The fraction of sp³-hybridized carbons (Fsp3) is 0.353. The highest BCUT2D eigenvalue weighted by Crippen LogP contribution is 2.34. The summed E-state index contributed by atoms with van der Waals surface area (Å²) in [5, 5.41) is 9.85. The van der Waals surface area contributed by atoms with Crippen LogP contribution in [0.3, 0.4) is 0 Å². The van der Waals surface area contributed by atoms with E-state index in [2.05, 4.69) is 44.7 Å². The van der Waals surface area contributed by atoms with Gasteiger partial charge in [-0.1, -0.05) is 13.8 Å². The van der Waals surface area contributed by atoms with E-state index in [-0.39, 0.29) is 18.0 Å². The topological polar surface area (TPSA) is 96.9 Å². The van der Waals surface area contributed by atoms with Crippen molar-refractivity contribution in [2.45, 2.75) is 51.6 Å². The van der Waals surface area contributed by atoms with Gasteiger partial charge in [0.1, 0.15) is 5.75 Å². The number of hydrogen-bond donors (Lipinski definition) is 3. The zero-order chi connectivity index (χ0) is 30.3. The first-order valence-corrected chi connectivity index (χ1v) is 15.0. The normalized spacial score (nSPS) is 14.1. The summed E-state index contributed by atoms with van der Waals surface area (Å²) in [6, 6.07) is 20.7. The third-order valence-corrected chi connectivity index (χ3v) is 8.15. The Hall–Kier alpha value is -4.50. The van der Waals surface area contributed by atoms with E-state index in [1.165, 1.54) is 0 Å².